The summed E-state index contributed by atoms with van der Waals surface area (Å²) in [4.78, 5) is 16.4. The summed E-state index contributed by atoms with van der Waals surface area (Å²) in [5, 5.41) is 7.08. The standard InChI is InChI=1S/C13H10Cl4N4O/c1-21-12(5-3-2-4-6(5)20-21)19-13(22)10-8(15)7(14)9(16)11(17)18-10/h2-4H2,1H3,(H,19,22). The summed E-state index contributed by atoms with van der Waals surface area (Å²) in [5.41, 5.74) is 1.97. The summed E-state index contributed by atoms with van der Waals surface area (Å²) in [6.07, 6.45) is 2.82. The second-order valence-corrected chi connectivity index (χ2v) is 6.39. The molecule has 0 aromatic carbocycles. The topological polar surface area (TPSA) is 59.8 Å². The smallest absolute Gasteiger partial charge is 0.277 e. The molecule has 0 bridgehead atoms. The lowest BCUT2D eigenvalue weighted by Crippen LogP contribution is -2.18. The number of hydrogen-bond donors (Lipinski definition) is 1. The number of amides is 1. The highest BCUT2D eigenvalue weighted by atomic mass is 35.5. The van der Waals surface area contributed by atoms with Gasteiger partial charge in [-0.15, -0.1) is 0 Å². The molecule has 0 saturated carbocycles. The van der Waals surface area contributed by atoms with Crippen LogP contribution in [0.1, 0.15) is 28.2 Å². The molecule has 0 aliphatic heterocycles. The van der Waals surface area contributed by atoms with E-state index in [9.17, 15) is 4.79 Å². The zero-order valence-electron chi connectivity index (χ0n) is 11.4. The first kappa shape index (κ1) is 15.9. The van der Waals surface area contributed by atoms with E-state index in [0.717, 1.165) is 30.5 Å². The summed E-state index contributed by atoms with van der Waals surface area (Å²) in [7, 11) is 1.77. The minimum absolute atomic E-state index is 0.00344. The lowest BCUT2D eigenvalue weighted by Gasteiger charge is -2.10. The quantitative estimate of drug-likeness (QED) is 0.796. The number of aryl methyl sites for hydroxylation is 2. The summed E-state index contributed by atoms with van der Waals surface area (Å²) >= 11 is 23.7. The van der Waals surface area contributed by atoms with Gasteiger partial charge in [0.2, 0.25) is 0 Å². The minimum atomic E-state index is -0.511. The second kappa shape index (κ2) is 5.89. The monoisotopic (exact) mass is 378 g/mol. The predicted octanol–water partition coefficient (Wildman–Crippen LogP) is 4.17. The zero-order chi connectivity index (χ0) is 16.0. The highest BCUT2D eigenvalue weighted by Gasteiger charge is 2.25. The van der Waals surface area contributed by atoms with Crippen LogP contribution in [-0.2, 0) is 19.9 Å². The third kappa shape index (κ3) is 2.56. The fourth-order valence-electron chi connectivity index (χ4n) is 2.48. The van der Waals surface area contributed by atoms with E-state index < -0.39 is 5.91 Å². The molecule has 3 rings (SSSR count). The first-order valence-corrected chi connectivity index (χ1v) is 7.97. The number of fused-ring (bicyclic) bond motifs is 1. The van der Waals surface area contributed by atoms with Crippen molar-refractivity contribution in [3.05, 3.63) is 37.2 Å². The van der Waals surface area contributed by atoms with Crippen molar-refractivity contribution in [2.75, 3.05) is 5.32 Å². The van der Waals surface area contributed by atoms with Crippen LogP contribution in [0.3, 0.4) is 0 Å². The Morgan fingerprint density at radius 1 is 1.14 bits per heavy atom. The van der Waals surface area contributed by atoms with Crippen molar-refractivity contribution in [2.45, 2.75) is 19.3 Å². The molecule has 1 aliphatic carbocycles. The van der Waals surface area contributed by atoms with Crippen LogP contribution in [0.25, 0.3) is 0 Å². The SMILES string of the molecule is Cn1nc2c(c1NC(=O)c1nc(Cl)c(Cl)c(Cl)c1Cl)CCC2. The third-order valence-electron chi connectivity index (χ3n) is 3.50. The maximum atomic E-state index is 12.4. The van der Waals surface area contributed by atoms with E-state index >= 15 is 0 Å². The molecule has 2 aromatic heterocycles. The van der Waals surface area contributed by atoms with E-state index in [-0.39, 0.29) is 25.9 Å². The Labute approximate surface area is 146 Å². The molecule has 1 N–H and O–H groups in total. The number of nitrogens with one attached hydrogen (secondary N) is 1. The average Bonchev–Trinajstić information content (AvgIpc) is 3.03. The number of halogens is 4. The number of aromatic nitrogens is 3. The molecule has 0 fully saturated rings. The Morgan fingerprint density at radius 2 is 1.86 bits per heavy atom. The molecular formula is C13H10Cl4N4O. The first-order valence-electron chi connectivity index (χ1n) is 6.46. The zero-order valence-corrected chi connectivity index (χ0v) is 14.4. The Morgan fingerprint density at radius 3 is 2.59 bits per heavy atom. The normalized spacial score (nSPS) is 13.3. The molecule has 22 heavy (non-hydrogen) atoms. The first-order chi connectivity index (χ1) is 10.4. The van der Waals surface area contributed by atoms with Crippen molar-refractivity contribution in [1.29, 1.82) is 0 Å². The van der Waals surface area contributed by atoms with Crippen molar-refractivity contribution < 1.29 is 4.79 Å². The van der Waals surface area contributed by atoms with Crippen LogP contribution in [-0.4, -0.2) is 20.7 Å². The minimum Gasteiger partial charge on any atom is -0.305 e. The van der Waals surface area contributed by atoms with Crippen LogP contribution in [0.15, 0.2) is 0 Å². The second-order valence-electron chi connectivity index (χ2n) is 4.90. The van der Waals surface area contributed by atoms with Crippen LogP contribution in [0, 0.1) is 0 Å². The van der Waals surface area contributed by atoms with Gasteiger partial charge in [0.15, 0.2) is 5.69 Å². The lowest BCUT2D eigenvalue weighted by molar-refractivity contribution is 0.102. The van der Waals surface area contributed by atoms with Crippen LogP contribution in [0.5, 0.6) is 0 Å². The molecule has 2 aromatic rings. The summed E-state index contributed by atoms with van der Waals surface area (Å²) in [6, 6.07) is 0. The Bertz CT molecular complexity index is 787. The lowest BCUT2D eigenvalue weighted by atomic mass is 10.2. The largest absolute Gasteiger partial charge is 0.305 e. The van der Waals surface area contributed by atoms with Gasteiger partial charge in [-0.2, -0.15) is 5.10 Å². The van der Waals surface area contributed by atoms with E-state index in [0.29, 0.717) is 5.82 Å². The number of carbonyl (C=O) groups excluding carboxylic acids is 1. The average molecular weight is 380 g/mol. The molecule has 5 nitrogen and oxygen atoms in total. The third-order valence-corrected chi connectivity index (χ3v) is 5.18. The van der Waals surface area contributed by atoms with E-state index in [4.69, 9.17) is 46.4 Å². The van der Waals surface area contributed by atoms with Crippen LogP contribution < -0.4 is 5.32 Å². The Balaban J connectivity index is 1.97. The fraction of sp³-hybridized carbons (Fsp3) is 0.308. The highest BCUT2D eigenvalue weighted by Crippen LogP contribution is 2.36. The van der Waals surface area contributed by atoms with Gasteiger partial charge < -0.3 is 5.32 Å². The maximum Gasteiger partial charge on any atom is 0.277 e. The van der Waals surface area contributed by atoms with Crippen LogP contribution in [0.2, 0.25) is 20.2 Å². The number of rotatable bonds is 2. The van der Waals surface area contributed by atoms with E-state index in [1.165, 1.54) is 0 Å². The van der Waals surface area contributed by atoms with Crippen LogP contribution >= 0.6 is 46.4 Å². The van der Waals surface area contributed by atoms with Crippen molar-refractivity contribution in [3.63, 3.8) is 0 Å². The number of nitrogens with zero attached hydrogens (tertiary/aromatic N) is 3. The molecule has 9 heteroatoms. The molecule has 0 radical (unpaired) electrons. The molecule has 2 heterocycles. The highest BCUT2D eigenvalue weighted by molar-refractivity contribution is 6.52. The molecule has 1 aliphatic rings. The Hall–Kier alpha value is -1.01. The number of anilines is 1. The van der Waals surface area contributed by atoms with Gasteiger partial charge in [-0.3, -0.25) is 9.48 Å². The number of carbonyl (C=O) groups is 1. The van der Waals surface area contributed by atoms with E-state index in [1.807, 2.05) is 0 Å². The van der Waals surface area contributed by atoms with Gasteiger partial charge in [0.1, 0.15) is 11.0 Å². The molecule has 0 unspecified atom stereocenters. The molecular weight excluding hydrogens is 370 g/mol. The number of pyridine rings is 1. The molecule has 1 amide bonds. The molecule has 0 saturated heterocycles. The summed E-state index contributed by atoms with van der Waals surface area (Å²) in [5.74, 6) is 0.126. The molecule has 116 valence electrons. The van der Waals surface area contributed by atoms with Gasteiger partial charge in [-0.05, 0) is 19.3 Å². The van der Waals surface area contributed by atoms with Gasteiger partial charge >= 0.3 is 0 Å². The molecule has 0 atom stereocenters. The van der Waals surface area contributed by atoms with Crippen molar-refractivity contribution >= 4 is 58.1 Å². The van der Waals surface area contributed by atoms with Gasteiger partial charge in [0.05, 0.1) is 20.8 Å². The summed E-state index contributed by atoms with van der Waals surface area (Å²) < 4.78 is 1.63. The predicted molar refractivity (Wildman–Crippen MR) is 87.5 cm³/mol. The van der Waals surface area contributed by atoms with E-state index in [2.05, 4.69) is 15.4 Å². The van der Waals surface area contributed by atoms with E-state index in [1.54, 1.807) is 11.7 Å². The van der Waals surface area contributed by atoms with Gasteiger partial charge in [0.25, 0.3) is 5.91 Å². The maximum absolute atomic E-state index is 12.4. The van der Waals surface area contributed by atoms with Crippen LogP contribution in [0.4, 0.5) is 5.82 Å². The van der Waals surface area contributed by atoms with Crippen molar-refractivity contribution in [3.8, 4) is 0 Å². The van der Waals surface area contributed by atoms with Gasteiger partial charge in [-0.25, -0.2) is 4.98 Å². The van der Waals surface area contributed by atoms with Crippen molar-refractivity contribution in [2.24, 2.45) is 7.05 Å². The van der Waals surface area contributed by atoms with Gasteiger partial charge in [0, 0.05) is 12.6 Å². The number of hydrogen-bond acceptors (Lipinski definition) is 3. The van der Waals surface area contributed by atoms with Crippen molar-refractivity contribution in [1.82, 2.24) is 14.8 Å². The molecule has 0 spiro atoms. The Kier molecular flexibility index (Phi) is 4.25. The van der Waals surface area contributed by atoms with Gasteiger partial charge in [-0.1, -0.05) is 46.4 Å². The fourth-order valence-corrected chi connectivity index (χ4v) is 3.29. The summed E-state index contributed by atoms with van der Waals surface area (Å²) in [6.45, 7) is 0.